The number of urea groups is 1. The van der Waals surface area contributed by atoms with Gasteiger partial charge in [0.15, 0.2) is 0 Å². The van der Waals surface area contributed by atoms with Gasteiger partial charge in [0.2, 0.25) is 5.91 Å². The molecule has 0 atom stereocenters. The van der Waals surface area contributed by atoms with Crippen LogP contribution in [0.1, 0.15) is 25.7 Å². The molecule has 0 unspecified atom stereocenters. The van der Waals surface area contributed by atoms with Gasteiger partial charge in [-0.1, -0.05) is 18.9 Å². The van der Waals surface area contributed by atoms with Gasteiger partial charge in [-0.25, -0.2) is 14.1 Å². The Hall–Kier alpha value is -1.91. The summed E-state index contributed by atoms with van der Waals surface area (Å²) in [7, 11) is 0. The Labute approximate surface area is 110 Å². The van der Waals surface area contributed by atoms with E-state index in [1.165, 1.54) is 18.2 Å². The number of anilines is 1. The van der Waals surface area contributed by atoms with Crippen LogP contribution < -0.4 is 10.2 Å². The number of nitrogens with one attached hydrogen (secondary N) is 1. The summed E-state index contributed by atoms with van der Waals surface area (Å²) in [5.41, 5.74) is -0.186. The molecule has 2 aliphatic rings. The van der Waals surface area contributed by atoms with Gasteiger partial charge in [0.05, 0.1) is 11.1 Å². The molecule has 1 aliphatic heterocycles. The third-order valence-electron chi connectivity index (χ3n) is 4.06. The van der Waals surface area contributed by atoms with Crippen LogP contribution in [-0.4, -0.2) is 18.5 Å². The van der Waals surface area contributed by atoms with E-state index >= 15 is 0 Å². The van der Waals surface area contributed by atoms with Crippen molar-refractivity contribution in [1.82, 2.24) is 5.32 Å². The Morgan fingerprint density at radius 2 is 1.95 bits per heavy atom. The molecule has 5 heteroatoms. The summed E-state index contributed by atoms with van der Waals surface area (Å²) < 4.78 is 13.3. The zero-order valence-electron chi connectivity index (χ0n) is 10.5. The first-order valence-electron chi connectivity index (χ1n) is 6.50. The summed E-state index contributed by atoms with van der Waals surface area (Å²) in [6.07, 6.45) is 3.58. The number of imide groups is 1. The van der Waals surface area contributed by atoms with Crippen LogP contribution in [0.5, 0.6) is 0 Å². The quantitative estimate of drug-likeness (QED) is 0.845. The van der Waals surface area contributed by atoms with Gasteiger partial charge in [0, 0.05) is 6.54 Å². The molecule has 1 saturated heterocycles. The van der Waals surface area contributed by atoms with Crippen LogP contribution >= 0.6 is 0 Å². The SMILES string of the molecule is O=C1NCC2(CCCC2)C(=O)N1c1cccc(F)c1. The van der Waals surface area contributed by atoms with Crippen molar-refractivity contribution in [2.45, 2.75) is 25.7 Å². The molecule has 1 saturated carbocycles. The fourth-order valence-electron chi connectivity index (χ4n) is 3.02. The predicted molar refractivity (Wildman–Crippen MR) is 68.2 cm³/mol. The average Bonchev–Trinajstić information content (AvgIpc) is 2.85. The van der Waals surface area contributed by atoms with Crippen molar-refractivity contribution < 1.29 is 14.0 Å². The number of nitrogens with zero attached hydrogens (tertiary/aromatic N) is 1. The van der Waals surface area contributed by atoms with Crippen molar-refractivity contribution >= 4 is 17.6 Å². The first kappa shape index (κ1) is 12.1. The largest absolute Gasteiger partial charge is 0.336 e. The number of hydrogen-bond acceptors (Lipinski definition) is 2. The molecule has 4 nitrogen and oxygen atoms in total. The summed E-state index contributed by atoms with van der Waals surface area (Å²) in [5, 5.41) is 2.76. The van der Waals surface area contributed by atoms with Crippen LogP contribution in [-0.2, 0) is 4.79 Å². The molecule has 1 N–H and O–H groups in total. The van der Waals surface area contributed by atoms with E-state index < -0.39 is 17.3 Å². The van der Waals surface area contributed by atoms with Crippen LogP contribution in [0.2, 0.25) is 0 Å². The smallest absolute Gasteiger partial charge is 0.328 e. The molecule has 2 fully saturated rings. The van der Waals surface area contributed by atoms with Gasteiger partial charge in [-0.3, -0.25) is 4.79 Å². The second kappa shape index (κ2) is 4.33. The van der Waals surface area contributed by atoms with Gasteiger partial charge >= 0.3 is 6.03 Å². The highest BCUT2D eigenvalue weighted by atomic mass is 19.1. The zero-order chi connectivity index (χ0) is 13.5. The van der Waals surface area contributed by atoms with Gasteiger partial charge in [0.25, 0.3) is 0 Å². The van der Waals surface area contributed by atoms with Crippen LogP contribution in [0.4, 0.5) is 14.9 Å². The van der Waals surface area contributed by atoms with Crippen LogP contribution in [0, 0.1) is 11.2 Å². The monoisotopic (exact) mass is 262 g/mol. The van der Waals surface area contributed by atoms with Gasteiger partial charge in [-0.2, -0.15) is 0 Å². The molecular weight excluding hydrogens is 247 g/mol. The minimum Gasteiger partial charge on any atom is -0.336 e. The second-order valence-electron chi connectivity index (χ2n) is 5.27. The van der Waals surface area contributed by atoms with Gasteiger partial charge < -0.3 is 5.32 Å². The number of amides is 3. The Bertz CT molecular complexity index is 538. The van der Waals surface area contributed by atoms with Gasteiger partial charge in [-0.15, -0.1) is 0 Å². The molecule has 0 bridgehead atoms. The Balaban J connectivity index is 1.98. The number of rotatable bonds is 1. The topological polar surface area (TPSA) is 49.4 Å². The van der Waals surface area contributed by atoms with E-state index in [4.69, 9.17) is 0 Å². The summed E-state index contributed by atoms with van der Waals surface area (Å²) in [4.78, 5) is 25.6. The minimum atomic E-state index is -0.486. The molecular formula is C14H15FN2O2. The normalized spacial score (nSPS) is 21.8. The van der Waals surface area contributed by atoms with Gasteiger partial charge in [0.1, 0.15) is 5.82 Å². The van der Waals surface area contributed by atoms with E-state index in [1.807, 2.05) is 0 Å². The van der Waals surface area contributed by atoms with Crippen molar-refractivity contribution in [3.8, 4) is 0 Å². The van der Waals surface area contributed by atoms with E-state index in [9.17, 15) is 14.0 Å². The maximum absolute atomic E-state index is 13.3. The maximum Gasteiger partial charge on any atom is 0.328 e. The van der Waals surface area contributed by atoms with E-state index in [1.54, 1.807) is 6.07 Å². The number of carbonyl (C=O) groups excluding carboxylic acids is 2. The fourth-order valence-corrected chi connectivity index (χ4v) is 3.02. The molecule has 1 aliphatic carbocycles. The number of carbonyl (C=O) groups is 2. The molecule has 100 valence electrons. The lowest BCUT2D eigenvalue weighted by Gasteiger charge is -2.38. The molecule has 3 rings (SSSR count). The average molecular weight is 262 g/mol. The molecule has 0 radical (unpaired) electrons. The highest BCUT2D eigenvalue weighted by molar-refractivity contribution is 6.18. The maximum atomic E-state index is 13.3. The number of halogens is 1. The highest BCUT2D eigenvalue weighted by Gasteiger charge is 2.49. The van der Waals surface area contributed by atoms with Crippen molar-refractivity contribution in [2.24, 2.45) is 5.41 Å². The van der Waals surface area contributed by atoms with E-state index in [0.29, 0.717) is 12.2 Å². The molecule has 19 heavy (non-hydrogen) atoms. The summed E-state index contributed by atoms with van der Waals surface area (Å²) in [6, 6.07) is 5.12. The molecule has 1 spiro atoms. The van der Waals surface area contributed by atoms with Crippen molar-refractivity contribution in [3.63, 3.8) is 0 Å². The zero-order valence-corrected chi connectivity index (χ0v) is 10.5. The van der Waals surface area contributed by atoms with Crippen LogP contribution in [0.3, 0.4) is 0 Å². The molecule has 1 aromatic carbocycles. The molecule has 1 heterocycles. The lowest BCUT2D eigenvalue weighted by Crippen LogP contribution is -2.60. The Morgan fingerprint density at radius 3 is 2.63 bits per heavy atom. The van der Waals surface area contributed by atoms with Crippen LogP contribution in [0.25, 0.3) is 0 Å². The third kappa shape index (κ3) is 1.89. The Kier molecular flexibility index (Phi) is 2.77. The molecule has 1 aromatic rings. The number of benzene rings is 1. The second-order valence-corrected chi connectivity index (χ2v) is 5.27. The number of hydrogen-bond donors (Lipinski definition) is 1. The van der Waals surface area contributed by atoms with Crippen molar-refractivity contribution in [3.05, 3.63) is 30.1 Å². The molecule has 0 aromatic heterocycles. The van der Waals surface area contributed by atoms with Crippen molar-refractivity contribution in [2.75, 3.05) is 11.4 Å². The standard InChI is InChI=1S/C14H15FN2O2/c15-10-4-3-5-11(8-10)17-12(18)14(6-1-2-7-14)9-16-13(17)19/h3-5,8H,1-2,6-7,9H2,(H,16,19). The summed E-state index contributed by atoms with van der Waals surface area (Å²) >= 11 is 0. The Morgan fingerprint density at radius 1 is 1.21 bits per heavy atom. The van der Waals surface area contributed by atoms with E-state index in [-0.39, 0.29) is 5.91 Å². The predicted octanol–water partition coefficient (Wildman–Crippen LogP) is 2.44. The highest BCUT2D eigenvalue weighted by Crippen LogP contribution is 2.41. The van der Waals surface area contributed by atoms with Gasteiger partial charge in [-0.05, 0) is 31.0 Å². The first-order chi connectivity index (χ1) is 9.12. The summed E-state index contributed by atoms with van der Waals surface area (Å²) in [5.74, 6) is -0.650. The van der Waals surface area contributed by atoms with E-state index in [0.717, 1.165) is 30.6 Å². The van der Waals surface area contributed by atoms with Crippen LogP contribution in [0.15, 0.2) is 24.3 Å². The third-order valence-corrected chi connectivity index (χ3v) is 4.06. The first-order valence-corrected chi connectivity index (χ1v) is 6.50. The lowest BCUT2D eigenvalue weighted by atomic mass is 9.83. The van der Waals surface area contributed by atoms with E-state index in [2.05, 4.69) is 5.32 Å². The lowest BCUT2D eigenvalue weighted by molar-refractivity contribution is -0.127. The minimum absolute atomic E-state index is 0.195. The fraction of sp³-hybridized carbons (Fsp3) is 0.429. The molecule has 3 amide bonds. The summed E-state index contributed by atoms with van der Waals surface area (Å²) in [6.45, 7) is 0.399. The van der Waals surface area contributed by atoms with Crippen molar-refractivity contribution in [1.29, 1.82) is 0 Å².